The van der Waals surface area contributed by atoms with Gasteiger partial charge in [0.1, 0.15) is 11.3 Å². The molecular formula is C33H42F6N4O7S. The van der Waals surface area contributed by atoms with Crippen LogP contribution in [0.2, 0.25) is 0 Å². The van der Waals surface area contributed by atoms with Crippen LogP contribution in [0.5, 0.6) is 5.75 Å². The number of alkyl halides is 6. The number of aliphatic carboxylic acids is 2. The van der Waals surface area contributed by atoms with Gasteiger partial charge in [0, 0.05) is 45.2 Å². The van der Waals surface area contributed by atoms with Gasteiger partial charge in [-0.3, -0.25) is 14.5 Å². The summed E-state index contributed by atoms with van der Waals surface area (Å²) >= 11 is 1.17. The Balaban J connectivity index is 0.000000543. The predicted molar refractivity (Wildman–Crippen MR) is 179 cm³/mol. The van der Waals surface area contributed by atoms with Gasteiger partial charge in [-0.1, -0.05) is 73.4 Å². The number of rotatable bonds is 13. The van der Waals surface area contributed by atoms with Crippen LogP contribution in [0.1, 0.15) is 56.1 Å². The number of halogens is 6. The maximum Gasteiger partial charge on any atom is 0.490 e. The summed E-state index contributed by atoms with van der Waals surface area (Å²) in [4.78, 5) is 48.9. The van der Waals surface area contributed by atoms with Crippen LogP contribution in [0, 0.1) is 0 Å². The van der Waals surface area contributed by atoms with E-state index in [0.717, 1.165) is 49.3 Å². The number of carbonyl (C=O) groups excluding carboxylic acids is 1. The third kappa shape index (κ3) is 16.2. The molecule has 0 bridgehead atoms. The van der Waals surface area contributed by atoms with Crippen LogP contribution in [0.25, 0.3) is 10.2 Å². The third-order valence-corrected chi connectivity index (χ3v) is 9.03. The van der Waals surface area contributed by atoms with Crippen LogP contribution in [0.4, 0.5) is 26.3 Å². The van der Waals surface area contributed by atoms with Crippen LogP contribution in [-0.2, 0) is 27.2 Å². The molecule has 1 aliphatic rings. The highest BCUT2D eigenvalue weighted by molar-refractivity contribution is 7.16. The number of nitrogens with one attached hydrogen (secondary N) is 1. The standard InChI is InChI=1S/C29H40N4O3S.2C2HF3O2/c30-26(35)16-18-32(17-14-22-8-4-3-5-9-22)20-21-33(24-10-6-1-2-7-11-24)19-15-23-12-13-25(34)27-28(23)37-29(36)31-27;2*3-2(4,5)1(6)7/h3-5,8-9,12-13,24,34H,1-2,6-7,10-11,14-21H2,(H2,30,35)(H,31,36);2*(H,6,7). The number of phenols is 1. The van der Waals surface area contributed by atoms with Crippen LogP contribution in [0.3, 0.4) is 0 Å². The molecule has 1 aromatic heterocycles. The second-order valence-electron chi connectivity index (χ2n) is 11.8. The largest absolute Gasteiger partial charge is 0.506 e. The topological polar surface area (TPSA) is 177 Å². The number of carboxylic acid groups (broad SMARTS) is 2. The van der Waals surface area contributed by atoms with Crippen LogP contribution >= 0.6 is 11.3 Å². The van der Waals surface area contributed by atoms with Crippen molar-refractivity contribution in [2.75, 3.05) is 32.7 Å². The van der Waals surface area contributed by atoms with E-state index in [9.17, 15) is 41.0 Å². The molecule has 0 atom stereocenters. The molecule has 284 valence electrons. The SMILES string of the molecule is NC(=O)CCN(CCc1ccccc1)CCN(CCc1ccc(O)c2[nH]c(=O)sc12)C1CCCCCC1.O=C(O)C(F)(F)F.O=C(O)C(F)(F)F. The normalized spacial score (nSPS) is 14.0. The molecule has 2 aromatic carbocycles. The van der Waals surface area contributed by atoms with Crippen LogP contribution in [-0.4, -0.2) is 99.1 Å². The van der Waals surface area contributed by atoms with Gasteiger partial charge in [0.05, 0.1) is 4.70 Å². The number of hydrogen-bond acceptors (Lipinski definition) is 8. The van der Waals surface area contributed by atoms with Crippen LogP contribution in [0.15, 0.2) is 47.3 Å². The van der Waals surface area contributed by atoms with Gasteiger partial charge in [0.2, 0.25) is 5.91 Å². The van der Waals surface area contributed by atoms with Crippen LogP contribution < -0.4 is 10.6 Å². The van der Waals surface area contributed by atoms with E-state index in [-0.39, 0.29) is 16.5 Å². The number of phenolic OH excluding ortho intramolecular Hbond substituents is 1. The Morgan fingerprint density at radius 1 is 0.804 bits per heavy atom. The molecule has 11 nitrogen and oxygen atoms in total. The van der Waals surface area contributed by atoms with Crippen molar-refractivity contribution in [2.45, 2.75) is 76.2 Å². The summed E-state index contributed by atoms with van der Waals surface area (Å²) in [5.41, 5.74) is 8.44. The van der Waals surface area contributed by atoms with Crippen molar-refractivity contribution in [1.82, 2.24) is 14.8 Å². The molecule has 51 heavy (non-hydrogen) atoms. The summed E-state index contributed by atoms with van der Waals surface area (Å²) in [5.74, 6) is -5.64. The first-order valence-electron chi connectivity index (χ1n) is 16.1. The minimum atomic E-state index is -5.08. The Kier molecular flexibility index (Phi) is 17.4. The molecule has 1 heterocycles. The third-order valence-electron chi connectivity index (χ3n) is 8.07. The van der Waals surface area contributed by atoms with E-state index in [0.29, 0.717) is 24.5 Å². The van der Waals surface area contributed by atoms with E-state index in [2.05, 4.69) is 39.0 Å². The van der Waals surface area contributed by atoms with Crippen molar-refractivity contribution in [3.63, 3.8) is 0 Å². The molecule has 6 N–H and O–H groups in total. The molecule has 0 radical (unpaired) electrons. The number of aromatic hydroxyl groups is 1. The lowest BCUT2D eigenvalue weighted by Gasteiger charge is -2.33. The lowest BCUT2D eigenvalue weighted by atomic mass is 10.0. The molecule has 1 amide bonds. The highest BCUT2D eigenvalue weighted by Gasteiger charge is 2.39. The number of carboxylic acids is 2. The van der Waals surface area contributed by atoms with Crippen molar-refractivity contribution in [1.29, 1.82) is 0 Å². The molecule has 1 aliphatic carbocycles. The summed E-state index contributed by atoms with van der Waals surface area (Å²) in [7, 11) is 0. The fourth-order valence-electron chi connectivity index (χ4n) is 5.44. The second-order valence-corrected chi connectivity index (χ2v) is 12.8. The number of benzene rings is 2. The minimum Gasteiger partial charge on any atom is -0.506 e. The monoisotopic (exact) mass is 752 g/mol. The van der Waals surface area contributed by atoms with Crippen molar-refractivity contribution in [2.24, 2.45) is 5.73 Å². The summed E-state index contributed by atoms with van der Waals surface area (Å²) < 4.78 is 64.3. The Hall–Kier alpha value is -4.16. The van der Waals surface area contributed by atoms with Crippen molar-refractivity contribution in [3.8, 4) is 5.75 Å². The number of H-pyrrole nitrogens is 1. The molecule has 0 aliphatic heterocycles. The molecule has 0 spiro atoms. The number of fused-ring (bicyclic) bond motifs is 1. The van der Waals surface area contributed by atoms with E-state index >= 15 is 0 Å². The molecule has 0 unspecified atom stereocenters. The number of nitrogens with zero attached hydrogens (tertiary/aromatic N) is 2. The number of aromatic amines is 1. The zero-order valence-electron chi connectivity index (χ0n) is 27.6. The van der Waals surface area contributed by atoms with E-state index in [1.54, 1.807) is 6.07 Å². The molecule has 1 fully saturated rings. The average Bonchev–Trinajstić information content (AvgIpc) is 3.26. The Morgan fingerprint density at radius 3 is 1.90 bits per heavy atom. The second kappa shape index (κ2) is 20.6. The highest BCUT2D eigenvalue weighted by Crippen LogP contribution is 2.29. The summed E-state index contributed by atoms with van der Waals surface area (Å²) in [6.07, 6.45) is -0.443. The number of amides is 1. The first-order chi connectivity index (χ1) is 23.9. The summed E-state index contributed by atoms with van der Waals surface area (Å²) in [6, 6.07) is 14.7. The van der Waals surface area contributed by atoms with Gasteiger partial charge in [-0.25, -0.2) is 9.59 Å². The maximum atomic E-state index is 12.0. The maximum absolute atomic E-state index is 12.0. The predicted octanol–water partition coefficient (Wildman–Crippen LogP) is 5.55. The van der Waals surface area contributed by atoms with Crippen molar-refractivity contribution in [3.05, 3.63) is 63.3 Å². The van der Waals surface area contributed by atoms with E-state index in [1.165, 1.54) is 55.4 Å². The van der Waals surface area contributed by atoms with Gasteiger partial charge >= 0.3 is 29.2 Å². The molecule has 18 heteroatoms. The fraction of sp³-hybridized carbons (Fsp3) is 0.515. The zero-order chi connectivity index (χ0) is 38.2. The highest BCUT2D eigenvalue weighted by atomic mass is 32.1. The Morgan fingerprint density at radius 2 is 1.37 bits per heavy atom. The quantitative estimate of drug-likeness (QED) is 0.111. The van der Waals surface area contributed by atoms with Crippen molar-refractivity contribution >= 4 is 39.4 Å². The van der Waals surface area contributed by atoms with Gasteiger partial charge in [-0.05, 0) is 42.9 Å². The van der Waals surface area contributed by atoms with Gasteiger partial charge in [-0.2, -0.15) is 26.3 Å². The number of aromatic nitrogens is 1. The number of hydrogen-bond donors (Lipinski definition) is 5. The smallest absolute Gasteiger partial charge is 0.490 e. The van der Waals surface area contributed by atoms with Crippen molar-refractivity contribution < 1.29 is 56.0 Å². The van der Waals surface area contributed by atoms with Gasteiger partial charge in [0.25, 0.3) is 0 Å². The number of primary amides is 1. The number of carbonyl (C=O) groups is 3. The molecule has 3 aromatic rings. The zero-order valence-corrected chi connectivity index (χ0v) is 28.5. The molecule has 0 saturated heterocycles. The lowest BCUT2D eigenvalue weighted by Crippen LogP contribution is -2.43. The summed E-state index contributed by atoms with van der Waals surface area (Å²) in [5, 5.41) is 24.4. The van der Waals surface area contributed by atoms with Gasteiger partial charge in [-0.15, -0.1) is 0 Å². The fourth-order valence-corrected chi connectivity index (χ4v) is 6.34. The van der Waals surface area contributed by atoms with E-state index in [1.807, 2.05) is 12.1 Å². The Bertz CT molecular complexity index is 1570. The average molecular weight is 753 g/mol. The molecule has 4 rings (SSSR count). The molecular weight excluding hydrogens is 710 g/mol. The number of nitrogens with two attached hydrogens (primary N) is 1. The minimum absolute atomic E-state index is 0.126. The lowest BCUT2D eigenvalue weighted by molar-refractivity contribution is -0.193. The molecule has 1 saturated carbocycles. The van der Waals surface area contributed by atoms with Gasteiger partial charge < -0.3 is 30.9 Å². The van der Waals surface area contributed by atoms with E-state index in [4.69, 9.17) is 25.5 Å². The van der Waals surface area contributed by atoms with E-state index < -0.39 is 24.3 Å². The first kappa shape index (κ1) is 43.0. The number of thiazole rings is 1. The Labute approximate surface area is 293 Å². The summed E-state index contributed by atoms with van der Waals surface area (Å²) in [6.45, 7) is 4.29. The first-order valence-corrected chi connectivity index (χ1v) is 16.9. The van der Waals surface area contributed by atoms with Gasteiger partial charge in [0.15, 0.2) is 0 Å².